The first-order valence-electron chi connectivity index (χ1n) is 7.26. The fraction of sp³-hybridized carbons (Fsp3) is 0.857. The summed E-state index contributed by atoms with van der Waals surface area (Å²) in [6.07, 6.45) is 1.58. The molecular weight excluding hydrogens is 306 g/mol. The minimum absolute atomic E-state index is 0. The molecular formula is C14H28ClN5O2. The van der Waals surface area contributed by atoms with Crippen molar-refractivity contribution < 1.29 is 14.4 Å². The maximum Gasteiger partial charge on any atom is 0.256 e. The van der Waals surface area contributed by atoms with Crippen molar-refractivity contribution in [2.75, 3.05) is 24.7 Å². The minimum atomic E-state index is -0.268. The van der Waals surface area contributed by atoms with Crippen LogP contribution in [0.4, 0.5) is 5.88 Å². The number of halogens is 1. The number of nitrogens with zero attached hydrogens (tertiary/aromatic N) is 4. The number of rotatable bonds is 3. The molecule has 0 bridgehead atoms. The van der Waals surface area contributed by atoms with Gasteiger partial charge in [0.25, 0.3) is 6.20 Å². The lowest BCUT2D eigenvalue weighted by Gasteiger charge is -2.54. The molecule has 2 N–H and O–H groups in total. The molecule has 1 aliphatic rings. The topological polar surface area (TPSA) is 80.4 Å². The van der Waals surface area contributed by atoms with Crippen LogP contribution in [-0.4, -0.2) is 51.6 Å². The highest BCUT2D eigenvalue weighted by atomic mass is 35.5. The summed E-state index contributed by atoms with van der Waals surface area (Å²) < 4.78 is 4.90. The fourth-order valence-electron chi connectivity index (χ4n) is 3.36. The molecule has 2 heterocycles. The van der Waals surface area contributed by atoms with Crippen LogP contribution in [0.2, 0.25) is 0 Å². The maximum atomic E-state index is 9.66. The number of aliphatic hydroxyl groups excluding tert-OH is 1. The summed E-state index contributed by atoms with van der Waals surface area (Å²) in [6, 6.07) is 0. The Kier molecular flexibility index (Phi) is 5.06. The van der Waals surface area contributed by atoms with Crippen molar-refractivity contribution in [3.8, 4) is 0 Å². The van der Waals surface area contributed by atoms with Crippen LogP contribution in [0.15, 0.2) is 10.7 Å². The molecule has 1 aliphatic heterocycles. The third-order valence-electron chi connectivity index (χ3n) is 4.21. The first-order valence-corrected chi connectivity index (χ1v) is 7.26. The van der Waals surface area contributed by atoms with Gasteiger partial charge < -0.3 is 15.4 Å². The molecule has 0 spiro atoms. The molecule has 7 nitrogen and oxygen atoms in total. The third-order valence-corrected chi connectivity index (χ3v) is 4.21. The number of piperazine rings is 1. The Balaban J connectivity index is 0.00000242. The molecule has 22 heavy (non-hydrogen) atoms. The summed E-state index contributed by atoms with van der Waals surface area (Å²) >= 11 is 0. The van der Waals surface area contributed by atoms with Crippen LogP contribution >= 0.6 is 12.4 Å². The Bertz CT molecular complexity index is 497. The van der Waals surface area contributed by atoms with E-state index in [4.69, 9.17) is 10.3 Å². The number of aromatic nitrogens is 2. The van der Waals surface area contributed by atoms with E-state index in [9.17, 15) is 5.11 Å². The highest BCUT2D eigenvalue weighted by molar-refractivity contribution is 5.85. The number of nitrogens with one attached hydrogen (secondary N) is 1. The summed E-state index contributed by atoms with van der Waals surface area (Å²) in [7, 11) is 0. The molecule has 1 fully saturated rings. The van der Waals surface area contributed by atoms with E-state index in [-0.39, 0.29) is 41.5 Å². The monoisotopic (exact) mass is 333 g/mol. The predicted molar refractivity (Wildman–Crippen MR) is 87.0 cm³/mol. The van der Waals surface area contributed by atoms with E-state index in [0.29, 0.717) is 0 Å². The summed E-state index contributed by atoms with van der Waals surface area (Å²) in [5.41, 5.74) is 6.83. The minimum Gasteiger partial charge on any atom is -0.660 e. The Morgan fingerprint density at radius 2 is 1.82 bits per heavy atom. The van der Waals surface area contributed by atoms with Gasteiger partial charge in [0.05, 0.1) is 11.4 Å². The van der Waals surface area contributed by atoms with Crippen LogP contribution in [0.1, 0.15) is 41.5 Å². The smallest absolute Gasteiger partial charge is 0.256 e. The number of hydrogen-bond donors (Lipinski definition) is 1. The first-order chi connectivity index (χ1) is 9.49. The van der Waals surface area contributed by atoms with Gasteiger partial charge >= 0.3 is 0 Å². The molecule has 1 saturated heterocycles. The Labute approximate surface area is 138 Å². The van der Waals surface area contributed by atoms with Gasteiger partial charge in [0.15, 0.2) is 0 Å². The van der Waals surface area contributed by atoms with E-state index in [1.165, 1.54) is 0 Å². The van der Waals surface area contributed by atoms with E-state index in [1.54, 1.807) is 11.0 Å². The zero-order valence-corrected chi connectivity index (χ0v) is 15.1. The fourth-order valence-corrected chi connectivity index (χ4v) is 3.36. The van der Waals surface area contributed by atoms with E-state index in [1.807, 2.05) is 0 Å². The summed E-state index contributed by atoms with van der Waals surface area (Å²) in [5, 5.41) is 15.8. The van der Waals surface area contributed by atoms with Gasteiger partial charge in [-0.2, -0.15) is 0 Å². The molecule has 128 valence electrons. The van der Waals surface area contributed by atoms with Gasteiger partial charge in [-0.05, 0) is 41.5 Å². The quantitative estimate of drug-likeness (QED) is 0.851. The Hall–Kier alpha value is -1.05. The zero-order chi connectivity index (χ0) is 16.1. The lowest BCUT2D eigenvalue weighted by Crippen LogP contribution is -2.83. The maximum absolute atomic E-state index is 9.66. The van der Waals surface area contributed by atoms with Gasteiger partial charge in [0, 0.05) is 18.6 Å². The van der Waals surface area contributed by atoms with Gasteiger partial charge in [-0.15, -0.1) is 17.4 Å². The molecule has 1 aromatic heterocycles. The second-order valence-electron chi connectivity index (χ2n) is 7.75. The zero-order valence-electron chi connectivity index (χ0n) is 14.3. The lowest BCUT2D eigenvalue weighted by atomic mass is 9.86. The van der Waals surface area contributed by atoms with Crippen LogP contribution in [0.3, 0.4) is 0 Å². The molecule has 0 saturated carbocycles. The molecule has 0 radical (unpaired) electrons. The summed E-state index contributed by atoms with van der Waals surface area (Å²) in [6.45, 7) is 14.4. The molecule has 0 aliphatic carbocycles. The van der Waals surface area contributed by atoms with Crippen LogP contribution in [-0.2, 0) is 0 Å². The van der Waals surface area contributed by atoms with Gasteiger partial charge in [0.2, 0.25) is 5.27 Å². The molecule has 0 atom stereocenters. The van der Waals surface area contributed by atoms with Crippen LogP contribution in [0, 0.1) is 0 Å². The third kappa shape index (κ3) is 3.31. The van der Waals surface area contributed by atoms with Crippen LogP contribution < -0.4 is 9.80 Å². The van der Waals surface area contributed by atoms with Crippen molar-refractivity contribution in [3.05, 3.63) is 11.9 Å². The molecule has 0 aromatic carbocycles. The van der Waals surface area contributed by atoms with Gasteiger partial charge in [-0.1, -0.05) is 0 Å². The van der Waals surface area contributed by atoms with Crippen molar-refractivity contribution >= 4 is 18.3 Å². The summed E-state index contributed by atoms with van der Waals surface area (Å²) in [4.78, 5) is 3.94. The molecule has 2 rings (SSSR count). The highest BCUT2D eigenvalue weighted by Gasteiger charge is 2.53. The molecule has 1 aromatic rings. The standard InChI is InChI=1S/C14H27N5O2.ClH/c1-12(2)8-17(14(5,6)10-20)9-13(3,4)19(12)18-7-11(15)21-16-18;/h7,15,20H,8-10H2,1-6H3;1H. The largest absolute Gasteiger partial charge is 0.660 e. The van der Waals surface area contributed by atoms with Crippen molar-refractivity contribution in [1.82, 2.24) is 10.2 Å². The first kappa shape index (κ1) is 19.0. The average molecular weight is 334 g/mol. The Morgan fingerprint density at radius 1 is 1.32 bits per heavy atom. The van der Waals surface area contributed by atoms with Crippen molar-refractivity contribution in [3.63, 3.8) is 0 Å². The second-order valence-corrected chi connectivity index (χ2v) is 7.75. The number of hydrogen-bond acceptors (Lipinski definition) is 5. The SMILES string of the molecule is CC(C)(CO)N1CC(C)(C)N([n+]2cc([NH-])on2)C(C)(C)C1.Cl. The van der Waals surface area contributed by atoms with Gasteiger partial charge in [0.1, 0.15) is 17.0 Å². The van der Waals surface area contributed by atoms with Crippen molar-refractivity contribution in [2.45, 2.75) is 58.2 Å². The van der Waals surface area contributed by atoms with Crippen LogP contribution in [0.5, 0.6) is 0 Å². The normalized spacial score (nSPS) is 21.5. The van der Waals surface area contributed by atoms with E-state index in [2.05, 4.69) is 56.7 Å². The van der Waals surface area contributed by atoms with E-state index < -0.39 is 0 Å². The average Bonchev–Trinajstić information content (AvgIpc) is 2.72. The lowest BCUT2D eigenvalue weighted by molar-refractivity contribution is -0.774. The molecule has 0 amide bonds. The second kappa shape index (κ2) is 5.86. The van der Waals surface area contributed by atoms with E-state index in [0.717, 1.165) is 13.1 Å². The molecule has 0 unspecified atom stereocenters. The highest BCUT2D eigenvalue weighted by Crippen LogP contribution is 2.32. The Morgan fingerprint density at radius 3 is 2.18 bits per heavy atom. The molecule has 8 heteroatoms. The summed E-state index contributed by atoms with van der Waals surface area (Å²) in [5.74, 6) is 0.0414. The predicted octanol–water partition coefficient (Wildman–Crippen LogP) is 1.65. The van der Waals surface area contributed by atoms with Gasteiger partial charge in [-0.3, -0.25) is 4.90 Å². The van der Waals surface area contributed by atoms with Crippen molar-refractivity contribution in [2.24, 2.45) is 0 Å². The van der Waals surface area contributed by atoms with Gasteiger partial charge in [-0.25, -0.2) is 0 Å². The van der Waals surface area contributed by atoms with Crippen LogP contribution in [0.25, 0.3) is 5.73 Å². The number of aliphatic hydroxyl groups is 1. The van der Waals surface area contributed by atoms with Crippen molar-refractivity contribution in [1.29, 1.82) is 0 Å². The van der Waals surface area contributed by atoms with E-state index >= 15 is 0 Å².